The number of halogens is 2. The lowest BCUT2D eigenvalue weighted by atomic mass is 9.86. The van der Waals surface area contributed by atoms with Crippen LogP contribution in [0.5, 0.6) is 5.75 Å². The summed E-state index contributed by atoms with van der Waals surface area (Å²) in [6.07, 6.45) is 4.90. The highest BCUT2D eigenvalue weighted by Crippen LogP contribution is 2.35. The van der Waals surface area contributed by atoms with Gasteiger partial charge in [0.2, 0.25) is 0 Å². The average Bonchev–Trinajstić information content (AvgIpc) is 2.70. The third-order valence-corrected chi connectivity index (χ3v) is 5.46. The summed E-state index contributed by atoms with van der Waals surface area (Å²) in [7, 11) is 1.63. The summed E-state index contributed by atoms with van der Waals surface area (Å²) in [6, 6.07) is 14.4. The number of aryl methyl sites for hydroxylation is 1. The zero-order chi connectivity index (χ0) is 19.9. The minimum Gasteiger partial charge on any atom is -0.507 e. The van der Waals surface area contributed by atoms with Crippen LogP contribution in [0.1, 0.15) is 17.5 Å². The molecule has 0 saturated carbocycles. The lowest BCUT2D eigenvalue weighted by Crippen LogP contribution is -2.30. The van der Waals surface area contributed by atoms with Crippen LogP contribution >= 0.6 is 11.6 Å². The third-order valence-electron chi connectivity index (χ3n) is 5.22. The third kappa shape index (κ3) is 3.25. The standard InChI is InChI=1S/C23H19ClFNO2/c1-26-20-8-3-2-7-18(20)21(27)19(22(26)28)14-23(25)11-9-15(10-12-23)16-5-4-6-17(24)13-16/h2-11,13,27H,12,14H2,1H3. The topological polar surface area (TPSA) is 42.2 Å². The summed E-state index contributed by atoms with van der Waals surface area (Å²) in [5.74, 6) is -0.145. The summed E-state index contributed by atoms with van der Waals surface area (Å²) in [5, 5.41) is 11.8. The first-order chi connectivity index (χ1) is 13.4. The molecule has 1 N–H and O–H groups in total. The largest absolute Gasteiger partial charge is 0.507 e. The highest BCUT2D eigenvalue weighted by Gasteiger charge is 2.31. The zero-order valence-electron chi connectivity index (χ0n) is 15.3. The second-order valence-corrected chi connectivity index (χ2v) is 7.56. The van der Waals surface area contributed by atoms with Gasteiger partial charge in [0.1, 0.15) is 11.4 Å². The summed E-state index contributed by atoms with van der Waals surface area (Å²) in [4.78, 5) is 12.7. The Morgan fingerprint density at radius 2 is 2.00 bits per heavy atom. The fourth-order valence-corrected chi connectivity index (χ4v) is 3.85. The van der Waals surface area contributed by atoms with E-state index in [-0.39, 0.29) is 29.7 Å². The van der Waals surface area contributed by atoms with Crippen molar-refractivity contribution in [1.29, 1.82) is 0 Å². The molecule has 0 spiro atoms. The van der Waals surface area contributed by atoms with Gasteiger partial charge < -0.3 is 9.67 Å². The van der Waals surface area contributed by atoms with E-state index in [2.05, 4.69) is 0 Å². The van der Waals surface area contributed by atoms with Crippen LogP contribution in [0.3, 0.4) is 0 Å². The highest BCUT2D eigenvalue weighted by atomic mass is 35.5. The Hall–Kier alpha value is -2.85. The van der Waals surface area contributed by atoms with E-state index in [0.717, 1.165) is 11.1 Å². The summed E-state index contributed by atoms with van der Waals surface area (Å²) in [5.41, 5.74) is 0.374. The van der Waals surface area contributed by atoms with Crippen molar-refractivity contribution in [1.82, 2.24) is 4.57 Å². The Kier molecular flexibility index (Phi) is 4.60. The molecule has 1 aliphatic rings. The molecule has 0 aliphatic heterocycles. The van der Waals surface area contributed by atoms with Crippen LogP contribution in [0.25, 0.3) is 16.5 Å². The average molecular weight is 396 g/mol. The van der Waals surface area contributed by atoms with Crippen LogP contribution in [0.15, 0.2) is 71.6 Å². The number of benzene rings is 2. The second kappa shape index (κ2) is 6.95. The van der Waals surface area contributed by atoms with Crippen molar-refractivity contribution in [2.75, 3.05) is 0 Å². The number of hydrogen-bond acceptors (Lipinski definition) is 2. The van der Waals surface area contributed by atoms with Crippen molar-refractivity contribution in [3.8, 4) is 5.75 Å². The number of aromatic hydroxyl groups is 1. The van der Waals surface area contributed by atoms with Gasteiger partial charge in [-0.25, -0.2) is 4.39 Å². The van der Waals surface area contributed by atoms with Gasteiger partial charge in [0.05, 0.1) is 11.1 Å². The number of allylic oxidation sites excluding steroid dienone is 4. The van der Waals surface area contributed by atoms with E-state index in [0.29, 0.717) is 15.9 Å². The number of nitrogens with zero attached hydrogens (tertiary/aromatic N) is 1. The van der Waals surface area contributed by atoms with Crippen molar-refractivity contribution >= 4 is 28.1 Å². The van der Waals surface area contributed by atoms with Gasteiger partial charge in [-0.05, 0) is 41.5 Å². The number of pyridine rings is 1. The molecule has 0 fully saturated rings. The normalized spacial score (nSPS) is 19.0. The molecule has 1 aliphatic carbocycles. The van der Waals surface area contributed by atoms with E-state index < -0.39 is 5.67 Å². The van der Waals surface area contributed by atoms with E-state index >= 15 is 4.39 Å². The maximum atomic E-state index is 15.5. The summed E-state index contributed by atoms with van der Waals surface area (Å²) >= 11 is 6.03. The van der Waals surface area contributed by atoms with Crippen LogP contribution in [-0.2, 0) is 13.5 Å². The molecule has 3 nitrogen and oxygen atoms in total. The fourth-order valence-electron chi connectivity index (χ4n) is 3.66. The Morgan fingerprint density at radius 1 is 1.21 bits per heavy atom. The summed E-state index contributed by atoms with van der Waals surface area (Å²) < 4.78 is 17.0. The van der Waals surface area contributed by atoms with Gasteiger partial charge in [0.25, 0.3) is 5.56 Å². The smallest absolute Gasteiger partial charge is 0.257 e. The van der Waals surface area contributed by atoms with Gasteiger partial charge in [-0.1, -0.05) is 48.0 Å². The fraction of sp³-hybridized carbons (Fsp3) is 0.174. The van der Waals surface area contributed by atoms with Gasteiger partial charge in [0, 0.05) is 30.3 Å². The maximum Gasteiger partial charge on any atom is 0.257 e. The molecule has 0 bridgehead atoms. The van der Waals surface area contributed by atoms with Crippen LogP contribution < -0.4 is 5.56 Å². The molecule has 142 valence electrons. The highest BCUT2D eigenvalue weighted by molar-refractivity contribution is 6.30. The minimum absolute atomic E-state index is 0.0907. The van der Waals surface area contributed by atoms with Crippen molar-refractivity contribution in [3.63, 3.8) is 0 Å². The van der Waals surface area contributed by atoms with Crippen LogP contribution in [0.4, 0.5) is 4.39 Å². The quantitative estimate of drug-likeness (QED) is 0.663. The first kappa shape index (κ1) is 18.5. The Balaban J connectivity index is 1.67. The van der Waals surface area contributed by atoms with Crippen molar-refractivity contribution in [3.05, 3.63) is 93.3 Å². The predicted molar refractivity (Wildman–Crippen MR) is 112 cm³/mol. The molecule has 1 unspecified atom stereocenters. The molecule has 4 rings (SSSR count). The van der Waals surface area contributed by atoms with E-state index in [9.17, 15) is 9.90 Å². The van der Waals surface area contributed by atoms with Crippen molar-refractivity contribution in [2.45, 2.75) is 18.5 Å². The Bertz CT molecular complexity index is 1190. The molecular formula is C23H19ClFNO2. The molecule has 0 amide bonds. The Labute approximate surface area is 167 Å². The van der Waals surface area contributed by atoms with Crippen molar-refractivity contribution < 1.29 is 9.50 Å². The number of hydrogen-bond donors (Lipinski definition) is 1. The lowest BCUT2D eigenvalue weighted by molar-refractivity contribution is 0.228. The molecule has 0 saturated heterocycles. The van der Waals surface area contributed by atoms with E-state index in [1.165, 1.54) is 10.6 Å². The number of alkyl halides is 1. The molecule has 2 aromatic carbocycles. The lowest BCUT2D eigenvalue weighted by Gasteiger charge is -2.25. The molecule has 28 heavy (non-hydrogen) atoms. The second-order valence-electron chi connectivity index (χ2n) is 7.13. The molecule has 5 heteroatoms. The van der Waals surface area contributed by atoms with E-state index in [1.807, 2.05) is 18.2 Å². The van der Waals surface area contributed by atoms with Crippen LogP contribution in [-0.4, -0.2) is 15.3 Å². The predicted octanol–water partition coefficient (Wildman–Crippen LogP) is 5.19. The van der Waals surface area contributed by atoms with E-state index in [4.69, 9.17) is 11.6 Å². The van der Waals surface area contributed by atoms with Gasteiger partial charge in [-0.15, -0.1) is 0 Å². The molecule has 1 heterocycles. The Morgan fingerprint density at radius 3 is 2.71 bits per heavy atom. The molecule has 3 aromatic rings. The number of aromatic nitrogens is 1. The number of para-hydroxylation sites is 1. The molecule has 1 atom stereocenters. The van der Waals surface area contributed by atoms with Crippen LogP contribution in [0.2, 0.25) is 5.02 Å². The zero-order valence-corrected chi connectivity index (χ0v) is 16.1. The maximum absolute atomic E-state index is 15.5. The molecule has 0 radical (unpaired) electrons. The number of rotatable bonds is 3. The molecule has 1 aromatic heterocycles. The molecular weight excluding hydrogens is 377 g/mol. The minimum atomic E-state index is -1.74. The van der Waals surface area contributed by atoms with Gasteiger partial charge in [-0.3, -0.25) is 4.79 Å². The van der Waals surface area contributed by atoms with Gasteiger partial charge >= 0.3 is 0 Å². The first-order valence-corrected chi connectivity index (χ1v) is 9.40. The van der Waals surface area contributed by atoms with Crippen LogP contribution in [0, 0.1) is 0 Å². The monoisotopic (exact) mass is 395 g/mol. The van der Waals surface area contributed by atoms with E-state index in [1.54, 1.807) is 49.5 Å². The van der Waals surface area contributed by atoms with Gasteiger partial charge in [-0.2, -0.15) is 0 Å². The SMILES string of the molecule is Cn1c(=O)c(CC2(F)C=CC(c3cccc(Cl)c3)=CC2)c(O)c2ccccc21. The van der Waals surface area contributed by atoms with Gasteiger partial charge in [0.15, 0.2) is 0 Å². The van der Waals surface area contributed by atoms with Crippen molar-refractivity contribution in [2.24, 2.45) is 7.05 Å². The summed E-state index contributed by atoms with van der Waals surface area (Å²) in [6.45, 7) is 0. The first-order valence-electron chi connectivity index (χ1n) is 9.02. The number of fused-ring (bicyclic) bond motifs is 1.